The summed E-state index contributed by atoms with van der Waals surface area (Å²) in [6.07, 6.45) is 1.76. The average Bonchev–Trinajstić information content (AvgIpc) is 2.40. The molecule has 1 aliphatic heterocycles. The van der Waals surface area contributed by atoms with Crippen molar-refractivity contribution in [3.8, 4) is 5.75 Å². The van der Waals surface area contributed by atoms with Crippen molar-refractivity contribution in [2.75, 3.05) is 19.7 Å². The maximum Gasteiger partial charge on any atom is 0.119 e. The second kappa shape index (κ2) is 6.03. The lowest BCUT2D eigenvalue weighted by Crippen LogP contribution is -2.30. The summed E-state index contributed by atoms with van der Waals surface area (Å²) in [5, 5.41) is 13.6. The minimum atomic E-state index is -0.340. The first-order valence-electron chi connectivity index (χ1n) is 6.43. The summed E-state index contributed by atoms with van der Waals surface area (Å²) < 4.78 is 5.39. The van der Waals surface area contributed by atoms with Crippen LogP contribution >= 0.6 is 0 Å². The summed E-state index contributed by atoms with van der Waals surface area (Å²) in [5.74, 6) is 1.25. The molecule has 3 nitrogen and oxygen atoms in total. The minimum Gasteiger partial charge on any atom is -0.494 e. The van der Waals surface area contributed by atoms with E-state index in [1.165, 1.54) is 0 Å². The van der Waals surface area contributed by atoms with Crippen molar-refractivity contribution in [1.82, 2.24) is 5.32 Å². The molecule has 17 heavy (non-hydrogen) atoms. The highest BCUT2D eigenvalue weighted by Gasteiger charge is 2.22. The quantitative estimate of drug-likeness (QED) is 0.840. The molecule has 3 heteroatoms. The third-order valence-electron chi connectivity index (χ3n) is 3.36. The number of benzene rings is 1. The number of aliphatic hydroxyl groups is 1. The first-order valence-corrected chi connectivity index (χ1v) is 6.43. The van der Waals surface area contributed by atoms with Crippen LogP contribution in [0.4, 0.5) is 0 Å². The fourth-order valence-corrected chi connectivity index (χ4v) is 2.36. The standard InChI is InChI=1S/C14H21NO2/c1-2-17-13-5-3-11(4-6-13)14(16)12-7-9-15-10-8-12/h3-6,12,14-16H,2,7-10H2,1H3/t14-/m1/s1. The van der Waals surface area contributed by atoms with E-state index in [9.17, 15) is 5.11 Å². The van der Waals surface area contributed by atoms with Crippen LogP contribution in [0.1, 0.15) is 31.4 Å². The van der Waals surface area contributed by atoms with E-state index >= 15 is 0 Å². The van der Waals surface area contributed by atoms with Gasteiger partial charge >= 0.3 is 0 Å². The number of rotatable bonds is 4. The van der Waals surface area contributed by atoms with Gasteiger partial charge in [-0.1, -0.05) is 12.1 Å². The molecule has 0 spiro atoms. The lowest BCUT2D eigenvalue weighted by Gasteiger charge is -2.27. The molecule has 0 bridgehead atoms. The van der Waals surface area contributed by atoms with Crippen molar-refractivity contribution in [2.45, 2.75) is 25.9 Å². The Morgan fingerprint density at radius 2 is 1.94 bits per heavy atom. The summed E-state index contributed by atoms with van der Waals surface area (Å²) in [6.45, 7) is 4.67. The Balaban J connectivity index is 2.00. The van der Waals surface area contributed by atoms with Crippen LogP contribution in [0.2, 0.25) is 0 Å². The summed E-state index contributed by atoms with van der Waals surface area (Å²) in [5.41, 5.74) is 1.00. The predicted octanol–water partition coefficient (Wildman–Crippen LogP) is 2.12. The molecule has 0 radical (unpaired) electrons. The molecule has 1 aromatic rings. The fourth-order valence-electron chi connectivity index (χ4n) is 2.36. The highest BCUT2D eigenvalue weighted by molar-refractivity contribution is 5.28. The predicted molar refractivity (Wildman–Crippen MR) is 68.2 cm³/mol. The van der Waals surface area contributed by atoms with Crippen LogP contribution in [0.15, 0.2) is 24.3 Å². The first-order chi connectivity index (χ1) is 8.31. The van der Waals surface area contributed by atoms with Gasteiger partial charge in [-0.2, -0.15) is 0 Å². The Hall–Kier alpha value is -1.06. The lowest BCUT2D eigenvalue weighted by atomic mass is 9.88. The Morgan fingerprint density at radius 1 is 1.29 bits per heavy atom. The molecule has 1 aromatic carbocycles. The molecule has 0 aromatic heterocycles. The maximum absolute atomic E-state index is 10.3. The van der Waals surface area contributed by atoms with Crippen molar-refractivity contribution in [2.24, 2.45) is 5.92 Å². The Kier molecular flexibility index (Phi) is 4.40. The molecule has 1 aliphatic rings. The van der Waals surface area contributed by atoms with E-state index in [2.05, 4.69) is 5.32 Å². The number of nitrogens with one attached hydrogen (secondary N) is 1. The number of hydrogen-bond donors (Lipinski definition) is 2. The van der Waals surface area contributed by atoms with Gasteiger partial charge in [-0.3, -0.25) is 0 Å². The van der Waals surface area contributed by atoms with Gasteiger partial charge < -0.3 is 15.2 Å². The van der Waals surface area contributed by atoms with Gasteiger partial charge in [0.1, 0.15) is 5.75 Å². The van der Waals surface area contributed by atoms with E-state index in [0.717, 1.165) is 37.2 Å². The molecule has 0 saturated carbocycles. The Bertz CT molecular complexity index is 331. The van der Waals surface area contributed by atoms with Crippen LogP contribution in [0.25, 0.3) is 0 Å². The van der Waals surface area contributed by atoms with Gasteiger partial charge in [0.15, 0.2) is 0 Å². The van der Waals surface area contributed by atoms with Crippen LogP contribution < -0.4 is 10.1 Å². The SMILES string of the molecule is CCOc1ccc([C@@H](O)C2CCNCC2)cc1. The van der Waals surface area contributed by atoms with Crippen molar-refractivity contribution >= 4 is 0 Å². The second-order valence-corrected chi connectivity index (χ2v) is 4.53. The van der Waals surface area contributed by atoms with Gasteiger partial charge in [0.05, 0.1) is 12.7 Å². The number of piperidine rings is 1. The van der Waals surface area contributed by atoms with Gasteiger partial charge in [0.25, 0.3) is 0 Å². The first kappa shape index (κ1) is 12.4. The van der Waals surface area contributed by atoms with Crippen LogP contribution in [0.5, 0.6) is 5.75 Å². The van der Waals surface area contributed by atoms with E-state index in [-0.39, 0.29) is 6.10 Å². The smallest absolute Gasteiger partial charge is 0.119 e. The number of ether oxygens (including phenoxy) is 1. The molecule has 1 saturated heterocycles. The van der Waals surface area contributed by atoms with Crippen LogP contribution in [-0.4, -0.2) is 24.8 Å². The van der Waals surface area contributed by atoms with Gasteiger partial charge in [-0.15, -0.1) is 0 Å². The van der Waals surface area contributed by atoms with Gasteiger partial charge in [0, 0.05) is 0 Å². The van der Waals surface area contributed by atoms with Crippen LogP contribution in [0.3, 0.4) is 0 Å². The van der Waals surface area contributed by atoms with Gasteiger partial charge in [-0.05, 0) is 56.5 Å². The second-order valence-electron chi connectivity index (χ2n) is 4.53. The molecule has 0 unspecified atom stereocenters. The van der Waals surface area contributed by atoms with E-state index in [1.807, 2.05) is 31.2 Å². The third-order valence-corrected chi connectivity index (χ3v) is 3.36. The van der Waals surface area contributed by atoms with E-state index < -0.39 is 0 Å². The molecule has 2 N–H and O–H groups in total. The molecule has 1 atom stereocenters. The zero-order chi connectivity index (χ0) is 12.1. The summed E-state index contributed by atoms with van der Waals surface area (Å²) in [6, 6.07) is 7.81. The summed E-state index contributed by atoms with van der Waals surface area (Å²) in [4.78, 5) is 0. The van der Waals surface area contributed by atoms with E-state index in [0.29, 0.717) is 12.5 Å². The van der Waals surface area contributed by atoms with E-state index in [1.54, 1.807) is 0 Å². The Labute approximate surface area is 103 Å². The zero-order valence-corrected chi connectivity index (χ0v) is 10.4. The number of hydrogen-bond acceptors (Lipinski definition) is 3. The highest BCUT2D eigenvalue weighted by atomic mass is 16.5. The molecule has 2 rings (SSSR count). The normalized spacial score (nSPS) is 18.9. The van der Waals surface area contributed by atoms with Crippen LogP contribution in [0, 0.1) is 5.92 Å². The third kappa shape index (κ3) is 3.20. The maximum atomic E-state index is 10.3. The molecule has 1 heterocycles. The number of aliphatic hydroxyl groups excluding tert-OH is 1. The lowest BCUT2D eigenvalue weighted by molar-refractivity contribution is 0.0889. The molecule has 1 fully saturated rings. The zero-order valence-electron chi connectivity index (χ0n) is 10.4. The van der Waals surface area contributed by atoms with Gasteiger partial charge in [-0.25, -0.2) is 0 Å². The Morgan fingerprint density at radius 3 is 2.53 bits per heavy atom. The summed E-state index contributed by atoms with van der Waals surface area (Å²) >= 11 is 0. The molecular weight excluding hydrogens is 214 g/mol. The van der Waals surface area contributed by atoms with Crippen molar-refractivity contribution in [1.29, 1.82) is 0 Å². The summed E-state index contributed by atoms with van der Waals surface area (Å²) in [7, 11) is 0. The van der Waals surface area contributed by atoms with Crippen LogP contribution in [-0.2, 0) is 0 Å². The largest absolute Gasteiger partial charge is 0.494 e. The monoisotopic (exact) mass is 235 g/mol. The molecule has 0 aliphatic carbocycles. The fraction of sp³-hybridized carbons (Fsp3) is 0.571. The molecule has 94 valence electrons. The van der Waals surface area contributed by atoms with Crippen molar-refractivity contribution < 1.29 is 9.84 Å². The topological polar surface area (TPSA) is 41.5 Å². The minimum absolute atomic E-state index is 0.340. The van der Waals surface area contributed by atoms with Crippen molar-refractivity contribution in [3.05, 3.63) is 29.8 Å². The van der Waals surface area contributed by atoms with Crippen molar-refractivity contribution in [3.63, 3.8) is 0 Å². The average molecular weight is 235 g/mol. The molecular formula is C14H21NO2. The highest BCUT2D eigenvalue weighted by Crippen LogP contribution is 2.29. The van der Waals surface area contributed by atoms with Gasteiger partial charge in [0.2, 0.25) is 0 Å². The van der Waals surface area contributed by atoms with E-state index in [4.69, 9.17) is 4.74 Å². The molecule has 0 amide bonds.